The van der Waals surface area contributed by atoms with E-state index >= 15 is 0 Å². The minimum absolute atomic E-state index is 0.282. The van der Waals surface area contributed by atoms with Gasteiger partial charge >= 0.3 is 0 Å². The van der Waals surface area contributed by atoms with Gasteiger partial charge in [0, 0.05) is 31.0 Å². The van der Waals surface area contributed by atoms with E-state index in [0.717, 1.165) is 35.3 Å². The fourth-order valence-electron chi connectivity index (χ4n) is 3.43. The van der Waals surface area contributed by atoms with Crippen LogP contribution in [0.5, 0.6) is 11.5 Å². The minimum Gasteiger partial charge on any atom is -0.454 e. The van der Waals surface area contributed by atoms with E-state index in [2.05, 4.69) is 40.8 Å². The average molecular weight is 343 g/mol. The topological polar surface area (TPSA) is 38.7 Å². The maximum Gasteiger partial charge on any atom is 0.231 e. The summed E-state index contributed by atoms with van der Waals surface area (Å²) in [6.07, 6.45) is 0. The number of ether oxygens (including phenoxy) is 2. The summed E-state index contributed by atoms with van der Waals surface area (Å²) in [5.74, 6) is 1.61. The quantitative estimate of drug-likeness (QED) is 0.849. The molecule has 0 spiro atoms. The van der Waals surface area contributed by atoms with E-state index in [4.69, 9.17) is 21.7 Å². The number of rotatable bonds is 2. The molecule has 1 N–H and O–H groups in total. The lowest BCUT2D eigenvalue weighted by Crippen LogP contribution is -2.45. The van der Waals surface area contributed by atoms with Gasteiger partial charge in [0.05, 0.1) is 6.04 Å². The van der Waals surface area contributed by atoms with Crippen LogP contribution >= 0.6 is 12.2 Å². The van der Waals surface area contributed by atoms with Crippen molar-refractivity contribution in [2.24, 2.45) is 0 Å². The fraction of sp³-hybridized carbons (Fsp3) is 0.389. The number of nitrogens with one attached hydrogen (secondary N) is 1. The monoisotopic (exact) mass is 343 g/mol. The SMILES string of the molecule is Cc1ccc2n1CCN(C(=S)NCc1ccc3c(c1)OCO3)[C@@H]2C. The highest BCUT2D eigenvalue weighted by atomic mass is 32.1. The molecule has 4 rings (SSSR count). The zero-order chi connectivity index (χ0) is 16.7. The van der Waals surface area contributed by atoms with Crippen molar-refractivity contribution in [3.05, 3.63) is 47.3 Å². The third-order valence-corrected chi connectivity index (χ3v) is 5.21. The second-order valence-corrected chi connectivity index (χ2v) is 6.65. The molecule has 0 unspecified atom stereocenters. The van der Waals surface area contributed by atoms with E-state index < -0.39 is 0 Å². The Hall–Kier alpha value is -2.21. The van der Waals surface area contributed by atoms with Gasteiger partial charge in [-0.2, -0.15) is 0 Å². The lowest BCUT2D eigenvalue weighted by Gasteiger charge is -2.37. The predicted octanol–water partition coefficient (Wildman–Crippen LogP) is 2.98. The Morgan fingerprint density at radius 3 is 2.92 bits per heavy atom. The van der Waals surface area contributed by atoms with E-state index in [1.54, 1.807) is 0 Å². The van der Waals surface area contributed by atoms with Gasteiger partial charge in [0.15, 0.2) is 16.6 Å². The Labute approximate surface area is 147 Å². The van der Waals surface area contributed by atoms with Crippen molar-refractivity contribution in [1.29, 1.82) is 0 Å². The number of nitrogens with zero attached hydrogens (tertiary/aromatic N) is 2. The first-order valence-electron chi connectivity index (χ1n) is 8.22. The summed E-state index contributed by atoms with van der Waals surface area (Å²) in [5.41, 5.74) is 3.77. The molecule has 1 aromatic carbocycles. The van der Waals surface area contributed by atoms with Crippen molar-refractivity contribution in [3.63, 3.8) is 0 Å². The van der Waals surface area contributed by atoms with E-state index in [9.17, 15) is 0 Å². The van der Waals surface area contributed by atoms with Gasteiger partial charge in [-0.15, -0.1) is 0 Å². The van der Waals surface area contributed by atoms with Crippen molar-refractivity contribution >= 4 is 17.3 Å². The number of hydrogen-bond donors (Lipinski definition) is 1. The molecule has 126 valence electrons. The van der Waals surface area contributed by atoms with Crippen molar-refractivity contribution in [1.82, 2.24) is 14.8 Å². The van der Waals surface area contributed by atoms with Crippen molar-refractivity contribution in [2.75, 3.05) is 13.3 Å². The maximum atomic E-state index is 5.64. The normalized spacial score (nSPS) is 18.4. The highest BCUT2D eigenvalue weighted by molar-refractivity contribution is 7.80. The van der Waals surface area contributed by atoms with Crippen LogP contribution in [-0.2, 0) is 13.1 Å². The number of hydrogen-bond acceptors (Lipinski definition) is 3. The van der Waals surface area contributed by atoms with Crippen LogP contribution in [0.15, 0.2) is 30.3 Å². The number of fused-ring (bicyclic) bond motifs is 2. The van der Waals surface area contributed by atoms with E-state index in [-0.39, 0.29) is 6.04 Å². The van der Waals surface area contributed by atoms with Gasteiger partial charge in [0.1, 0.15) is 0 Å². The summed E-state index contributed by atoms with van der Waals surface area (Å²) >= 11 is 5.64. The zero-order valence-corrected chi connectivity index (χ0v) is 14.7. The molecule has 2 aliphatic rings. The van der Waals surface area contributed by atoms with Crippen LogP contribution in [0.2, 0.25) is 0 Å². The van der Waals surface area contributed by atoms with Gasteiger partial charge in [0.25, 0.3) is 0 Å². The van der Waals surface area contributed by atoms with E-state index in [1.165, 1.54) is 11.4 Å². The molecular formula is C18H21N3O2S. The summed E-state index contributed by atoms with van der Waals surface area (Å²) in [4.78, 5) is 2.26. The molecule has 0 fully saturated rings. The molecule has 5 nitrogen and oxygen atoms in total. The fourth-order valence-corrected chi connectivity index (χ4v) is 3.75. The second-order valence-electron chi connectivity index (χ2n) is 6.27. The molecule has 0 aliphatic carbocycles. The third-order valence-electron chi connectivity index (χ3n) is 4.83. The summed E-state index contributed by atoms with van der Waals surface area (Å²) in [5, 5.41) is 4.18. The average Bonchev–Trinajstić information content (AvgIpc) is 3.20. The molecule has 1 aromatic heterocycles. The lowest BCUT2D eigenvalue weighted by atomic mass is 10.1. The first-order chi connectivity index (χ1) is 11.6. The highest BCUT2D eigenvalue weighted by Crippen LogP contribution is 2.32. The molecule has 0 saturated heterocycles. The molecule has 0 bridgehead atoms. The molecule has 0 amide bonds. The standard InChI is InChI=1S/C18H21N3O2S/c1-12-3-5-15-13(2)21(8-7-20(12)15)18(24)19-10-14-4-6-16-17(9-14)23-11-22-16/h3-6,9,13H,7-8,10-11H2,1-2H3,(H,19,24)/t13-/m1/s1. The Bertz CT molecular complexity index is 787. The van der Waals surface area contributed by atoms with E-state index in [0.29, 0.717) is 13.3 Å². The summed E-state index contributed by atoms with van der Waals surface area (Å²) in [6, 6.07) is 10.7. The Kier molecular flexibility index (Phi) is 3.84. The zero-order valence-electron chi connectivity index (χ0n) is 13.9. The molecule has 1 atom stereocenters. The molecule has 3 heterocycles. The third kappa shape index (κ3) is 2.60. The number of benzene rings is 1. The summed E-state index contributed by atoms with van der Waals surface area (Å²) in [6.45, 7) is 7.25. The van der Waals surface area contributed by atoms with E-state index in [1.807, 2.05) is 18.2 Å². The van der Waals surface area contributed by atoms with Gasteiger partial charge < -0.3 is 24.3 Å². The number of aromatic nitrogens is 1. The molecule has 6 heteroatoms. The predicted molar refractivity (Wildman–Crippen MR) is 96.3 cm³/mol. The van der Waals surface area contributed by atoms with Crippen LogP contribution < -0.4 is 14.8 Å². The lowest BCUT2D eigenvalue weighted by molar-refractivity contribution is 0.174. The Morgan fingerprint density at radius 2 is 2.04 bits per heavy atom. The molecule has 0 saturated carbocycles. The van der Waals surface area contributed by atoms with Gasteiger partial charge in [-0.1, -0.05) is 6.07 Å². The molecule has 0 radical (unpaired) electrons. The second kappa shape index (κ2) is 6.02. The smallest absolute Gasteiger partial charge is 0.231 e. The van der Waals surface area contributed by atoms with Crippen molar-refractivity contribution in [2.45, 2.75) is 33.0 Å². The van der Waals surface area contributed by atoms with Gasteiger partial charge in [-0.05, 0) is 55.9 Å². The van der Waals surface area contributed by atoms with Crippen LogP contribution in [0.25, 0.3) is 0 Å². The van der Waals surface area contributed by atoms with Crippen LogP contribution in [0, 0.1) is 6.92 Å². The van der Waals surface area contributed by atoms with Gasteiger partial charge in [0.2, 0.25) is 6.79 Å². The molecule has 2 aliphatic heterocycles. The summed E-state index contributed by atoms with van der Waals surface area (Å²) < 4.78 is 13.1. The largest absolute Gasteiger partial charge is 0.454 e. The van der Waals surface area contributed by atoms with Gasteiger partial charge in [-0.3, -0.25) is 0 Å². The van der Waals surface area contributed by atoms with Crippen LogP contribution in [0.1, 0.15) is 29.9 Å². The van der Waals surface area contributed by atoms with Crippen LogP contribution in [-0.4, -0.2) is 27.9 Å². The highest BCUT2D eigenvalue weighted by Gasteiger charge is 2.26. The first-order valence-corrected chi connectivity index (χ1v) is 8.63. The van der Waals surface area contributed by atoms with Crippen LogP contribution in [0.4, 0.5) is 0 Å². The number of thiocarbonyl (C=S) groups is 1. The molecule has 2 aromatic rings. The maximum absolute atomic E-state index is 5.64. The summed E-state index contributed by atoms with van der Waals surface area (Å²) in [7, 11) is 0. The minimum atomic E-state index is 0.282. The Balaban J connectivity index is 1.42. The molecule has 24 heavy (non-hydrogen) atoms. The van der Waals surface area contributed by atoms with Crippen LogP contribution in [0.3, 0.4) is 0 Å². The molecular weight excluding hydrogens is 322 g/mol. The first kappa shape index (κ1) is 15.3. The van der Waals surface area contributed by atoms with Crippen molar-refractivity contribution < 1.29 is 9.47 Å². The number of aryl methyl sites for hydroxylation is 1. The Morgan fingerprint density at radius 1 is 1.21 bits per heavy atom. The van der Waals surface area contributed by atoms with Gasteiger partial charge in [-0.25, -0.2) is 0 Å². The van der Waals surface area contributed by atoms with Crippen molar-refractivity contribution in [3.8, 4) is 11.5 Å².